The lowest BCUT2D eigenvalue weighted by Crippen LogP contribution is -2.61. The van der Waals surface area contributed by atoms with E-state index in [0.717, 1.165) is 21.7 Å². The molecule has 0 aliphatic heterocycles. The van der Waals surface area contributed by atoms with Gasteiger partial charge in [-0.1, -0.05) is 60.7 Å². The number of H-pyrrole nitrogens is 1. The number of rotatable bonds is 22. The summed E-state index contributed by atoms with van der Waals surface area (Å²) in [5, 5.41) is 18.3. The Morgan fingerprint density at radius 3 is 2.03 bits per heavy atom. The first-order valence-electron chi connectivity index (χ1n) is 19.8. The summed E-state index contributed by atoms with van der Waals surface area (Å²) in [6.07, 6.45) is 1.85. The molecule has 0 bridgehead atoms. The number of benzene rings is 3. The maximum absolute atomic E-state index is 14.3. The van der Waals surface area contributed by atoms with Gasteiger partial charge < -0.3 is 54.1 Å². The molecule has 0 saturated carbocycles. The van der Waals surface area contributed by atoms with Gasteiger partial charge in [-0.05, 0) is 54.7 Å². The molecule has 0 aliphatic carbocycles. The minimum absolute atomic E-state index is 0.00960. The van der Waals surface area contributed by atoms with Crippen LogP contribution in [0.25, 0.3) is 21.7 Å². The predicted molar refractivity (Wildman–Crippen MR) is 244 cm³/mol. The number of amides is 7. The van der Waals surface area contributed by atoms with Crippen LogP contribution < -0.4 is 49.1 Å². The summed E-state index contributed by atoms with van der Waals surface area (Å²) in [5.41, 5.74) is 18.9. The Hall–Kier alpha value is -6.28. The minimum atomic E-state index is -1.30. The quantitative estimate of drug-likeness (QED) is 0.0216. The average Bonchev–Trinajstić information content (AvgIpc) is 3.63. The number of nitrogens with two attached hydrogens (primary N) is 3. The van der Waals surface area contributed by atoms with E-state index in [0.29, 0.717) is 11.1 Å². The molecule has 0 aliphatic rings. The number of aliphatic imine (C=N–C) groups is 1. The van der Waals surface area contributed by atoms with Crippen LogP contribution >= 0.6 is 25.3 Å². The first-order chi connectivity index (χ1) is 29.4. The van der Waals surface area contributed by atoms with E-state index in [1.54, 1.807) is 26.1 Å². The Morgan fingerprint density at radius 1 is 0.742 bits per heavy atom. The monoisotopic (exact) mass is 889 g/mol. The van der Waals surface area contributed by atoms with E-state index >= 15 is 0 Å². The van der Waals surface area contributed by atoms with Gasteiger partial charge in [0, 0.05) is 53.9 Å². The SMILES string of the molecule is CC(=O)N[C@@H](CS)C(=O)NCC(=O)N[C@H](Cc1ccc2ccccc2c1)C(=O)N[C@@H](CCCN=C(N)N)C(=O)N[C@@H](Cc1c[nH]c2ccccc12)C(=O)N[C@H](C(N)=O)C(C)(C)S. The van der Waals surface area contributed by atoms with Gasteiger partial charge in [0.1, 0.15) is 30.2 Å². The summed E-state index contributed by atoms with van der Waals surface area (Å²) >= 11 is 8.56. The number of thiol groups is 2. The highest BCUT2D eigenvalue weighted by Gasteiger charge is 2.36. The Kier molecular flexibility index (Phi) is 17.6. The zero-order valence-corrected chi connectivity index (χ0v) is 36.5. The third-order valence-corrected chi connectivity index (χ3v) is 10.4. The van der Waals surface area contributed by atoms with E-state index in [4.69, 9.17) is 17.2 Å². The number of para-hydroxylation sites is 1. The molecule has 3 aromatic carbocycles. The van der Waals surface area contributed by atoms with Crippen molar-refractivity contribution in [1.29, 1.82) is 0 Å². The van der Waals surface area contributed by atoms with Crippen molar-refractivity contribution >= 4 is 94.2 Å². The van der Waals surface area contributed by atoms with Gasteiger partial charge in [-0.3, -0.25) is 38.6 Å². The van der Waals surface area contributed by atoms with Crippen molar-refractivity contribution in [2.75, 3.05) is 18.8 Å². The molecule has 7 amide bonds. The van der Waals surface area contributed by atoms with E-state index in [1.165, 1.54) is 6.92 Å². The van der Waals surface area contributed by atoms with Crippen molar-refractivity contribution in [2.45, 2.75) is 81.4 Å². The van der Waals surface area contributed by atoms with Crippen LogP contribution in [0, 0.1) is 0 Å². The average molecular weight is 890 g/mol. The predicted octanol–water partition coefficient (Wildman–Crippen LogP) is -0.156. The second-order valence-corrected chi connectivity index (χ2v) is 16.8. The van der Waals surface area contributed by atoms with E-state index in [9.17, 15) is 33.6 Å². The number of carbonyl (C=O) groups is 7. The molecule has 5 atom stereocenters. The van der Waals surface area contributed by atoms with E-state index in [2.05, 4.69) is 67.1 Å². The Morgan fingerprint density at radius 2 is 1.37 bits per heavy atom. The molecule has 4 aromatic rings. The minimum Gasteiger partial charge on any atom is -0.370 e. The zero-order valence-electron chi connectivity index (χ0n) is 34.7. The van der Waals surface area contributed by atoms with Crippen LogP contribution in [0.2, 0.25) is 0 Å². The van der Waals surface area contributed by atoms with Crippen LogP contribution in [0.4, 0.5) is 0 Å². The van der Waals surface area contributed by atoms with Gasteiger partial charge in [0.15, 0.2) is 5.96 Å². The number of aromatic nitrogens is 1. The van der Waals surface area contributed by atoms with Crippen LogP contribution in [0.5, 0.6) is 0 Å². The van der Waals surface area contributed by atoms with Crippen molar-refractivity contribution in [3.05, 3.63) is 84.1 Å². The fourth-order valence-corrected chi connectivity index (χ4v) is 7.12. The number of nitrogens with one attached hydrogen (secondary N) is 7. The molecule has 0 unspecified atom stereocenters. The van der Waals surface area contributed by atoms with Crippen molar-refractivity contribution in [1.82, 2.24) is 36.9 Å². The maximum Gasteiger partial charge on any atom is 0.243 e. The fraction of sp³-hybridized carbons (Fsp3) is 0.381. The molecule has 0 saturated heterocycles. The Bertz CT molecular complexity index is 2290. The lowest BCUT2D eigenvalue weighted by Gasteiger charge is -2.30. The number of guanidine groups is 1. The van der Waals surface area contributed by atoms with E-state index in [1.807, 2.05) is 60.7 Å². The lowest BCUT2D eigenvalue weighted by atomic mass is 9.99. The number of fused-ring (bicyclic) bond motifs is 2. The van der Waals surface area contributed by atoms with Gasteiger partial charge in [-0.25, -0.2) is 0 Å². The number of hydrogen-bond acceptors (Lipinski definition) is 10. The summed E-state index contributed by atoms with van der Waals surface area (Å²) in [4.78, 5) is 99.9. The molecule has 20 heteroatoms. The fourth-order valence-electron chi connectivity index (χ4n) is 6.67. The lowest BCUT2D eigenvalue weighted by molar-refractivity contribution is -0.134. The molecule has 0 spiro atoms. The Labute approximate surface area is 369 Å². The molecule has 13 N–H and O–H groups in total. The molecule has 18 nitrogen and oxygen atoms in total. The summed E-state index contributed by atoms with van der Waals surface area (Å²) in [6, 6.07) is 14.4. The number of primary amides is 1. The van der Waals surface area contributed by atoms with Crippen LogP contribution in [-0.4, -0.2) is 106 Å². The van der Waals surface area contributed by atoms with E-state index < -0.39 is 82.9 Å². The summed E-state index contributed by atoms with van der Waals surface area (Å²) in [5.74, 6) is -5.16. The molecule has 62 heavy (non-hydrogen) atoms. The van der Waals surface area contributed by atoms with Crippen molar-refractivity contribution in [3.63, 3.8) is 0 Å². The van der Waals surface area contributed by atoms with Crippen molar-refractivity contribution in [3.8, 4) is 0 Å². The highest BCUT2D eigenvalue weighted by atomic mass is 32.1. The molecular formula is C42H55N11O7S2. The van der Waals surface area contributed by atoms with Crippen molar-refractivity contribution < 1.29 is 33.6 Å². The summed E-state index contributed by atoms with van der Waals surface area (Å²) in [6.45, 7) is 4.00. The van der Waals surface area contributed by atoms with Crippen LogP contribution in [-0.2, 0) is 46.4 Å². The molecule has 0 fully saturated rings. The van der Waals surface area contributed by atoms with Crippen LogP contribution in [0.3, 0.4) is 0 Å². The summed E-state index contributed by atoms with van der Waals surface area (Å²) < 4.78 is -1.08. The molecule has 0 radical (unpaired) electrons. The van der Waals surface area contributed by atoms with Gasteiger partial charge in [-0.2, -0.15) is 25.3 Å². The van der Waals surface area contributed by atoms with Gasteiger partial charge in [0.05, 0.1) is 6.54 Å². The third kappa shape index (κ3) is 14.4. The second-order valence-electron chi connectivity index (χ2n) is 15.3. The second kappa shape index (κ2) is 22.5. The first-order valence-corrected chi connectivity index (χ1v) is 20.9. The van der Waals surface area contributed by atoms with Gasteiger partial charge in [-0.15, -0.1) is 0 Å². The molecule has 1 aromatic heterocycles. The normalized spacial score (nSPS) is 13.7. The topological polar surface area (TPSA) is 298 Å². The first kappa shape index (κ1) is 48.4. The standard InChI is InChI=1S/C42H55N11O7S2/c1-23(54)49-33(22-61)37(57)48-21-34(55)50-31(18-24-14-15-25-9-4-5-10-26(25)17-24)39(59)51-30(13-8-16-46-41(44)45)38(58)52-32(40(60)53-35(36(43)56)42(2,3)62)19-27-20-47-29-12-7-6-11-28(27)29/h4-7,9-12,14-15,17,20,30-33,35,47,61-62H,8,13,16,18-19,21-22H2,1-3H3,(H2,43,56)(H,48,57)(H,49,54)(H,50,55)(H,51,59)(H,52,58)(H,53,60)(H4,44,45,46)/t30-,31+,32-,33-,35+/m0/s1. The number of hydrogen-bond donors (Lipinski definition) is 12. The third-order valence-electron chi connectivity index (χ3n) is 9.79. The van der Waals surface area contributed by atoms with Crippen molar-refractivity contribution in [2.24, 2.45) is 22.2 Å². The summed E-state index contributed by atoms with van der Waals surface area (Å²) in [7, 11) is 0. The number of nitrogens with zero attached hydrogens (tertiary/aromatic N) is 1. The number of aromatic amines is 1. The van der Waals surface area contributed by atoms with E-state index in [-0.39, 0.29) is 43.9 Å². The highest BCUT2D eigenvalue weighted by molar-refractivity contribution is 7.81. The maximum atomic E-state index is 14.3. The Balaban J connectivity index is 1.64. The largest absolute Gasteiger partial charge is 0.370 e. The molecule has 332 valence electrons. The van der Waals surface area contributed by atoms with Crippen LogP contribution in [0.1, 0.15) is 44.7 Å². The molecular weight excluding hydrogens is 835 g/mol. The highest BCUT2D eigenvalue weighted by Crippen LogP contribution is 2.22. The van der Waals surface area contributed by atoms with Gasteiger partial charge >= 0.3 is 0 Å². The molecule has 1 heterocycles. The van der Waals surface area contributed by atoms with Gasteiger partial charge in [0.2, 0.25) is 41.4 Å². The smallest absolute Gasteiger partial charge is 0.243 e. The zero-order chi connectivity index (χ0) is 45.6. The van der Waals surface area contributed by atoms with Gasteiger partial charge in [0.25, 0.3) is 0 Å². The molecule has 4 rings (SSSR count). The number of carbonyl (C=O) groups excluding carboxylic acids is 7. The van der Waals surface area contributed by atoms with Crippen LogP contribution in [0.15, 0.2) is 77.9 Å².